The fourth-order valence-corrected chi connectivity index (χ4v) is 5.43. The number of methoxy groups -OCH3 is 3. The zero-order valence-corrected chi connectivity index (χ0v) is 22.5. The Morgan fingerprint density at radius 3 is 2.51 bits per heavy atom. The molecule has 0 fully saturated rings. The Kier molecular flexibility index (Phi) is 7.84. The summed E-state index contributed by atoms with van der Waals surface area (Å²) in [4.78, 5) is 17.3. The molecule has 1 atom stereocenters. The quantitative estimate of drug-likeness (QED) is 0.282. The lowest BCUT2D eigenvalue weighted by molar-refractivity contribution is 0.246. The van der Waals surface area contributed by atoms with Crippen molar-refractivity contribution in [1.29, 1.82) is 0 Å². The zero-order valence-electron chi connectivity index (χ0n) is 22.5. The van der Waals surface area contributed by atoms with E-state index in [1.54, 1.807) is 27.5 Å². The molecule has 3 aromatic carbocycles. The Morgan fingerprint density at radius 2 is 1.74 bits per heavy atom. The Bertz CT molecular complexity index is 1450. The molecule has 2 heterocycles. The number of aromatic nitrogens is 1. The van der Waals surface area contributed by atoms with Crippen molar-refractivity contribution in [3.05, 3.63) is 89.6 Å². The lowest BCUT2D eigenvalue weighted by atomic mass is 9.75. The fraction of sp³-hybridized carbons (Fsp3) is 0.290. The van der Waals surface area contributed by atoms with E-state index in [1.807, 2.05) is 42.5 Å². The van der Waals surface area contributed by atoms with Gasteiger partial charge in [0.1, 0.15) is 5.75 Å². The number of ether oxygens (including phenoxy) is 3. The highest BCUT2D eigenvalue weighted by molar-refractivity contribution is 6.00. The van der Waals surface area contributed by atoms with E-state index >= 15 is 0 Å². The van der Waals surface area contributed by atoms with Crippen LogP contribution in [0.4, 0.5) is 10.5 Å². The third kappa shape index (κ3) is 5.61. The first-order chi connectivity index (χ1) is 19.0. The Morgan fingerprint density at radius 1 is 0.974 bits per heavy atom. The van der Waals surface area contributed by atoms with Crippen molar-refractivity contribution in [3.63, 3.8) is 0 Å². The number of anilines is 1. The van der Waals surface area contributed by atoms with E-state index in [1.165, 1.54) is 11.1 Å². The van der Waals surface area contributed by atoms with E-state index in [2.05, 4.69) is 45.2 Å². The minimum atomic E-state index is -0.418. The molecule has 2 amide bonds. The van der Waals surface area contributed by atoms with E-state index in [9.17, 15) is 4.79 Å². The molecule has 8 nitrogen and oxygen atoms in total. The smallest absolute Gasteiger partial charge is 0.319 e. The summed E-state index contributed by atoms with van der Waals surface area (Å²) in [7, 11) is 4.98. The summed E-state index contributed by atoms with van der Waals surface area (Å²) in [6.45, 7) is 1.28. The highest BCUT2D eigenvalue weighted by Gasteiger charge is 2.37. The lowest BCUT2D eigenvalue weighted by Gasteiger charge is -2.41. The van der Waals surface area contributed by atoms with Crippen molar-refractivity contribution in [3.8, 4) is 17.2 Å². The molecule has 39 heavy (non-hydrogen) atoms. The average Bonchev–Trinajstić information content (AvgIpc) is 2.97. The van der Waals surface area contributed by atoms with Crippen LogP contribution < -0.4 is 30.2 Å². The maximum atomic E-state index is 12.9. The second-order valence-electron chi connectivity index (χ2n) is 9.65. The molecule has 8 heteroatoms. The largest absolute Gasteiger partial charge is 0.497 e. The highest BCUT2D eigenvalue weighted by Crippen LogP contribution is 2.41. The van der Waals surface area contributed by atoms with Crippen molar-refractivity contribution in [1.82, 2.24) is 15.6 Å². The molecule has 0 radical (unpaired) electrons. The van der Waals surface area contributed by atoms with E-state index in [0.717, 1.165) is 53.0 Å². The third-order valence-corrected chi connectivity index (χ3v) is 7.38. The molecular weight excluding hydrogens is 492 g/mol. The van der Waals surface area contributed by atoms with Gasteiger partial charge in [0.05, 0.1) is 32.5 Å². The molecule has 0 saturated carbocycles. The first kappa shape index (κ1) is 26.3. The first-order valence-corrected chi connectivity index (χ1v) is 13.1. The molecule has 5 rings (SSSR count). The summed E-state index contributed by atoms with van der Waals surface area (Å²) >= 11 is 0. The van der Waals surface area contributed by atoms with Gasteiger partial charge in [-0.25, -0.2) is 4.79 Å². The summed E-state index contributed by atoms with van der Waals surface area (Å²) in [5.41, 5.74) is 4.68. The van der Waals surface area contributed by atoms with Crippen LogP contribution in [0.2, 0.25) is 0 Å². The summed E-state index contributed by atoms with van der Waals surface area (Å²) in [5.74, 6) is 2.23. The second-order valence-corrected chi connectivity index (χ2v) is 9.65. The number of benzene rings is 3. The number of rotatable bonds is 9. The lowest BCUT2D eigenvalue weighted by Crippen LogP contribution is -2.51. The van der Waals surface area contributed by atoms with Gasteiger partial charge in [0.15, 0.2) is 11.5 Å². The molecule has 3 N–H and O–H groups in total. The molecular formula is C31H34N4O4. The summed E-state index contributed by atoms with van der Waals surface area (Å²) in [6, 6.07) is 21.6. The second kappa shape index (κ2) is 11.6. The summed E-state index contributed by atoms with van der Waals surface area (Å²) in [5, 5.41) is 10.7. The summed E-state index contributed by atoms with van der Waals surface area (Å²) in [6.07, 6.45) is 3.99. The van der Waals surface area contributed by atoms with Gasteiger partial charge in [0, 0.05) is 30.2 Å². The van der Waals surface area contributed by atoms with Crippen molar-refractivity contribution in [2.24, 2.45) is 0 Å². The first-order valence-electron chi connectivity index (χ1n) is 13.1. The van der Waals surface area contributed by atoms with Crippen LogP contribution in [0, 0.1) is 0 Å². The molecule has 1 aromatic heterocycles. The van der Waals surface area contributed by atoms with Crippen LogP contribution in [0.5, 0.6) is 17.2 Å². The van der Waals surface area contributed by atoms with Crippen LogP contribution in [0.1, 0.15) is 23.1 Å². The molecule has 0 bridgehead atoms. The Labute approximate surface area is 228 Å². The van der Waals surface area contributed by atoms with Crippen molar-refractivity contribution >= 4 is 22.6 Å². The number of amides is 2. The number of nitrogens with zero attached hydrogens (tertiary/aromatic N) is 1. The number of pyridine rings is 1. The Balaban J connectivity index is 1.39. The van der Waals surface area contributed by atoms with E-state index < -0.39 is 5.54 Å². The van der Waals surface area contributed by atoms with Crippen LogP contribution in [-0.4, -0.2) is 45.4 Å². The minimum absolute atomic E-state index is 0.255. The van der Waals surface area contributed by atoms with Crippen LogP contribution in [0.25, 0.3) is 10.9 Å². The minimum Gasteiger partial charge on any atom is -0.497 e. The monoisotopic (exact) mass is 526 g/mol. The third-order valence-electron chi connectivity index (χ3n) is 7.38. The SMILES string of the molecule is COc1ccc(CC2(CCNC(=O)Nc3ccnc4ccccc34)NCCc3cc(OC)c(OC)cc32)cc1. The Hall–Kier alpha value is -4.30. The van der Waals surface area contributed by atoms with Gasteiger partial charge in [-0.1, -0.05) is 30.3 Å². The number of urea groups is 1. The van der Waals surface area contributed by atoms with Gasteiger partial charge in [0.25, 0.3) is 0 Å². The normalized spacial score (nSPS) is 16.3. The molecule has 0 spiro atoms. The average molecular weight is 527 g/mol. The van der Waals surface area contributed by atoms with Gasteiger partial charge in [-0.2, -0.15) is 0 Å². The molecule has 4 aromatic rings. The van der Waals surface area contributed by atoms with Crippen LogP contribution in [0.15, 0.2) is 72.9 Å². The number of hydrogen-bond acceptors (Lipinski definition) is 6. The number of hydrogen-bond donors (Lipinski definition) is 3. The fourth-order valence-electron chi connectivity index (χ4n) is 5.43. The molecule has 0 aliphatic carbocycles. The molecule has 0 saturated heterocycles. The maximum Gasteiger partial charge on any atom is 0.319 e. The molecule has 202 valence electrons. The maximum absolute atomic E-state index is 12.9. The van der Waals surface area contributed by atoms with Crippen molar-refractivity contribution in [2.75, 3.05) is 39.7 Å². The van der Waals surface area contributed by atoms with E-state index in [-0.39, 0.29) is 6.03 Å². The number of para-hydroxylation sites is 1. The van der Waals surface area contributed by atoms with Gasteiger partial charge < -0.3 is 30.2 Å². The van der Waals surface area contributed by atoms with E-state index in [4.69, 9.17) is 14.2 Å². The van der Waals surface area contributed by atoms with Gasteiger partial charge in [-0.15, -0.1) is 0 Å². The van der Waals surface area contributed by atoms with Crippen LogP contribution in [-0.2, 0) is 18.4 Å². The van der Waals surface area contributed by atoms with Crippen molar-refractivity contribution in [2.45, 2.75) is 24.8 Å². The highest BCUT2D eigenvalue weighted by atomic mass is 16.5. The predicted molar refractivity (Wildman–Crippen MR) is 153 cm³/mol. The number of carbonyl (C=O) groups is 1. The summed E-state index contributed by atoms with van der Waals surface area (Å²) < 4.78 is 16.6. The molecule has 1 aliphatic rings. The molecule has 1 unspecified atom stereocenters. The van der Waals surface area contributed by atoms with Gasteiger partial charge >= 0.3 is 6.03 Å². The van der Waals surface area contributed by atoms with Crippen LogP contribution in [0.3, 0.4) is 0 Å². The van der Waals surface area contributed by atoms with Crippen LogP contribution >= 0.6 is 0 Å². The number of nitrogens with one attached hydrogen (secondary N) is 3. The predicted octanol–water partition coefficient (Wildman–Crippen LogP) is 5.06. The van der Waals surface area contributed by atoms with Gasteiger partial charge in [-0.3, -0.25) is 4.98 Å². The number of fused-ring (bicyclic) bond motifs is 2. The number of carbonyl (C=O) groups excluding carboxylic acids is 1. The zero-order chi connectivity index (χ0) is 27.2. The van der Waals surface area contributed by atoms with Gasteiger partial charge in [0.2, 0.25) is 0 Å². The topological polar surface area (TPSA) is 93.7 Å². The standard InChI is InChI=1S/C31H34N4O4/c1-37-23-10-8-21(9-11-23)20-31(25-19-29(39-3)28(38-2)18-22(25)12-16-34-31)14-17-33-30(36)35-27-13-15-32-26-7-5-4-6-24(26)27/h4-11,13,15,18-19,34H,12,14,16-17,20H2,1-3H3,(H2,32,33,35,36). The molecule has 1 aliphatic heterocycles. The van der Waals surface area contributed by atoms with E-state index in [0.29, 0.717) is 18.7 Å². The van der Waals surface area contributed by atoms with Gasteiger partial charge in [-0.05, 0) is 72.4 Å². The van der Waals surface area contributed by atoms with Crippen molar-refractivity contribution < 1.29 is 19.0 Å².